The summed E-state index contributed by atoms with van der Waals surface area (Å²) in [6, 6.07) is 3.88. The number of fused-ring (bicyclic) bond motifs is 1. The van der Waals surface area contributed by atoms with Gasteiger partial charge in [0.1, 0.15) is 4.88 Å². The summed E-state index contributed by atoms with van der Waals surface area (Å²) in [5.41, 5.74) is 0. The molecule has 1 saturated carbocycles. The van der Waals surface area contributed by atoms with Crippen LogP contribution >= 0.6 is 23.1 Å². The van der Waals surface area contributed by atoms with Crippen LogP contribution in [0.4, 0.5) is 5.95 Å². The lowest BCUT2D eigenvalue weighted by Crippen LogP contribution is -2.13. The van der Waals surface area contributed by atoms with E-state index in [4.69, 9.17) is 9.47 Å². The van der Waals surface area contributed by atoms with Crippen LogP contribution in [-0.2, 0) is 0 Å². The SMILES string of the molecule is COc1cc2sc(C(=O)Nc3nn[nH]n3)c(SC3CCCCC3)c2cc1OC. The lowest BCUT2D eigenvalue weighted by atomic mass is 10.0. The third kappa shape index (κ3) is 3.79. The van der Waals surface area contributed by atoms with Gasteiger partial charge >= 0.3 is 0 Å². The van der Waals surface area contributed by atoms with Gasteiger partial charge in [-0.25, -0.2) is 0 Å². The lowest BCUT2D eigenvalue weighted by molar-refractivity contribution is 0.102. The Labute approximate surface area is 170 Å². The molecule has 0 aliphatic heterocycles. The van der Waals surface area contributed by atoms with Crippen molar-refractivity contribution >= 4 is 45.0 Å². The first-order valence-electron chi connectivity index (χ1n) is 9.09. The van der Waals surface area contributed by atoms with Crippen LogP contribution in [0, 0.1) is 0 Å². The molecule has 10 heteroatoms. The molecule has 3 aromatic rings. The minimum absolute atomic E-state index is 0.159. The first-order valence-corrected chi connectivity index (χ1v) is 10.8. The average Bonchev–Trinajstić information content (AvgIpc) is 3.35. The Morgan fingerprint density at radius 3 is 2.64 bits per heavy atom. The van der Waals surface area contributed by atoms with Crippen LogP contribution in [-0.4, -0.2) is 46.0 Å². The van der Waals surface area contributed by atoms with Gasteiger partial charge in [0.05, 0.1) is 14.2 Å². The Bertz CT molecular complexity index is 967. The molecule has 4 rings (SSSR count). The van der Waals surface area contributed by atoms with Crippen molar-refractivity contribution in [3.8, 4) is 11.5 Å². The number of nitrogens with one attached hydrogen (secondary N) is 2. The van der Waals surface area contributed by atoms with Crippen LogP contribution in [0.3, 0.4) is 0 Å². The number of carbonyl (C=O) groups is 1. The number of thiophene rings is 1. The van der Waals surface area contributed by atoms with E-state index in [1.807, 2.05) is 12.1 Å². The van der Waals surface area contributed by atoms with E-state index in [1.165, 1.54) is 43.4 Å². The summed E-state index contributed by atoms with van der Waals surface area (Å²) >= 11 is 3.23. The van der Waals surface area contributed by atoms with E-state index in [2.05, 4.69) is 25.9 Å². The number of anilines is 1. The van der Waals surface area contributed by atoms with Crippen LogP contribution in [0.1, 0.15) is 41.8 Å². The minimum Gasteiger partial charge on any atom is -0.493 e. The molecule has 0 unspecified atom stereocenters. The number of tetrazole rings is 1. The van der Waals surface area contributed by atoms with Crippen LogP contribution < -0.4 is 14.8 Å². The van der Waals surface area contributed by atoms with Gasteiger partial charge in [-0.3, -0.25) is 10.1 Å². The minimum atomic E-state index is -0.237. The van der Waals surface area contributed by atoms with Gasteiger partial charge in [0.25, 0.3) is 11.9 Å². The molecule has 1 fully saturated rings. The summed E-state index contributed by atoms with van der Waals surface area (Å²) in [7, 11) is 3.23. The number of amides is 1. The van der Waals surface area contributed by atoms with E-state index in [0.29, 0.717) is 21.6 Å². The Balaban J connectivity index is 1.76. The largest absolute Gasteiger partial charge is 0.493 e. The number of H-pyrrole nitrogens is 1. The number of hydrogen-bond donors (Lipinski definition) is 2. The standard InChI is InChI=1S/C18H21N5O3S2/c1-25-12-8-11-14(9-13(12)26-2)28-16(17(24)19-18-20-22-23-21-18)15(11)27-10-6-4-3-5-7-10/h8-10H,3-7H2,1-2H3,(H2,19,20,21,22,23,24). The van der Waals surface area contributed by atoms with Crippen LogP contribution in [0.25, 0.3) is 10.1 Å². The highest BCUT2D eigenvalue weighted by atomic mass is 32.2. The second kappa shape index (κ2) is 8.36. The molecule has 1 amide bonds. The topological polar surface area (TPSA) is 102 Å². The van der Waals surface area contributed by atoms with Gasteiger partial charge in [-0.1, -0.05) is 24.4 Å². The zero-order chi connectivity index (χ0) is 19.5. The van der Waals surface area contributed by atoms with Gasteiger partial charge in [-0.05, 0) is 24.1 Å². The van der Waals surface area contributed by atoms with Crippen molar-refractivity contribution < 1.29 is 14.3 Å². The van der Waals surface area contributed by atoms with Gasteiger partial charge in [-0.15, -0.1) is 28.2 Å². The fourth-order valence-electron chi connectivity index (χ4n) is 3.39. The summed E-state index contributed by atoms with van der Waals surface area (Å²) in [5.74, 6) is 1.23. The predicted octanol–water partition coefficient (Wildman–Crippen LogP) is 4.11. The number of aromatic amines is 1. The van der Waals surface area contributed by atoms with Crippen molar-refractivity contribution in [3.63, 3.8) is 0 Å². The quantitative estimate of drug-likeness (QED) is 0.620. The molecule has 148 valence electrons. The molecule has 8 nitrogen and oxygen atoms in total. The monoisotopic (exact) mass is 419 g/mol. The third-order valence-corrected chi connectivity index (χ3v) is 7.51. The van der Waals surface area contributed by atoms with Crippen molar-refractivity contribution in [2.24, 2.45) is 0 Å². The van der Waals surface area contributed by atoms with Crippen molar-refractivity contribution in [1.29, 1.82) is 0 Å². The molecule has 1 aromatic carbocycles. The Morgan fingerprint density at radius 2 is 1.96 bits per heavy atom. The van der Waals surface area contributed by atoms with Crippen molar-refractivity contribution in [2.45, 2.75) is 42.2 Å². The predicted molar refractivity (Wildman–Crippen MR) is 110 cm³/mol. The van der Waals surface area contributed by atoms with Gasteiger partial charge in [0.15, 0.2) is 11.5 Å². The van der Waals surface area contributed by atoms with Crippen molar-refractivity contribution in [2.75, 3.05) is 19.5 Å². The number of rotatable bonds is 6. The first kappa shape index (κ1) is 19.0. The van der Waals surface area contributed by atoms with E-state index in [9.17, 15) is 4.79 Å². The fourth-order valence-corrected chi connectivity index (χ4v) is 6.13. The highest BCUT2D eigenvalue weighted by molar-refractivity contribution is 8.00. The number of methoxy groups -OCH3 is 2. The molecule has 0 atom stereocenters. The molecule has 0 spiro atoms. The summed E-state index contributed by atoms with van der Waals surface area (Å²) in [6.07, 6.45) is 6.10. The zero-order valence-corrected chi connectivity index (χ0v) is 17.3. The normalized spacial score (nSPS) is 14.9. The maximum Gasteiger partial charge on any atom is 0.270 e. The van der Waals surface area contributed by atoms with Gasteiger partial charge in [-0.2, -0.15) is 5.21 Å². The molecule has 1 aliphatic rings. The highest BCUT2D eigenvalue weighted by Gasteiger charge is 2.25. The summed E-state index contributed by atoms with van der Waals surface area (Å²) in [6.45, 7) is 0. The van der Waals surface area contributed by atoms with Crippen LogP contribution in [0.5, 0.6) is 11.5 Å². The Morgan fingerprint density at radius 1 is 1.21 bits per heavy atom. The lowest BCUT2D eigenvalue weighted by Gasteiger charge is -2.21. The van der Waals surface area contributed by atoms with E-state index in [1.54, 1.807) is 26.0 Å². The number of ether oxygens (including phenoxy) is 2. The van der Waals surface area contributed by atoms with E-state index < -0.39 is 0 Å². The first-order chi connectivity index (χ1) is 13.7. The fraction of sp³-hybridized carbons (Fsp3) is 0.444. The number of aromatic nitrogens is 4. The summed E-state index contributed by atoms with van der Waals surface area (Å²) < 4.78 is 11.9. The number of nitrogens with zero attached hydrogens (tertiary/aromatic N) is 3. The molecule has 0 radical (unpaired) electrons. The maximum absolute atomic E-state index is 13.0. The summed E-state index contributed by atoms with van der Waals surface area (Å²) in [4.78, 5) is 14.6. The van der Waals surface area contributed by atoms with Crippen molar-refractivity contribution in [3.05, 3.63) is 17.0 Å². The maximum atomic E-state index is 13.0. The second-order valence-electron chi connectivity index (χ2n) is 6.53. The van der Waals surface area contributed by atoms with Gasteiger partial charge in [0.2, 0.25) is 0 Å². The molecule has 0 bridgehead atoms. The van der Waals surface area contributed by atoms with E-state index >= 15 is 0 Å². The molecule has 2 aromatic heterocycles. The number of benzene rings is 1. The number of hydrogen-bond acceptors (Lipinski definition) is 8. The third-order valence-electron chi connectivity index (χ3n) is 4.76. The molecule has 2 N–H and O–H groups in total. The second-order valence-corrected chi connectivity index (χ2v) is 8.89. The van der Waals surface area contributed by atoms with E-state index in [-0.39, 0.29) is 11.9 Å². The Kier molecular flexibility index (Phi) is 5.67. The highest BCUT2D eigenvalue weighted by Crippen LogP contribution is 2.46. The van der Waals surface area contributed by atoms with Crippen LogP contribution in [0.15, 0.2) is 17.0 Å². The molecule has 1 aliphatic carbocycles. The van der Waals surface area contributed by atoms with E-state index in [0.717, 1.165) is 15.0 Å². The number of carbonyl (C=O) groups excluding carboxylic acids is 1. The van der Waals surface area contributed by atoms with Gasteiger partial charge < -0.3 is 9.47 Å². The molecule has 28 heavy (non-hydrogen) atoms. The Hall–Kier alpha value is -2.33. The molecular formula is C18H21N5O3S2. The molecule has 0 saturated heterocycles. The molecule has 2 heterocycles. The smallest absolute Gasteiger partial charge is 0.270 e. The summed E-state index contributed by atoms with van der Waals surface area (Å²) in [5, 5.41) is 17.7. The number of thioether (sulfide) groups is 1. The zero-order valence-electron chi connectivity index (χ0n) is 15.7. The average molecular weight is 420 g/mol. The van der Waals surface area contributed by atoms with Gasteiger partial charge in [0, 0.05) is 26.3 Å². The van der Waals surface area contributed by atoms with Crippen molar-refractivity contribution in [1.82, 2.24) is 20.6 Å². The van der Waals surface area contributed by atoms with Crippen LogP contribution in [0.2, 0.25) is 0 Å². The molecular weight excluding hydrogens is 398 g/mol.